The maximum atomic E-state index is 14.2. The van der Waals surface area contributed by atoms with Gasteiger partial charge in [0.15, 0.2) is 5.13 Å². The van der Waals surface area contributed by atoms with Gasteiger partial charge in [-0.05, 0) is 37.1 Å². The van der Waals surface area contributed by atoms with Gasteiger partial charge in [-0.1, -0.05) is 42.5 Å². The van der Waals surface area contributed by atoms with Gasteiger partial charge in [-0.25, -0.2) is 9.37 Å². The topological polar surface area (TPSA) is 71.5 Å². The number of thiazole rings is 1. The van der Waals surface area contributed by atoms with Crippen molar-refractivity contribution in [1.82, 2.24) is 10.3 Å². The maximum Gasteiger partial charge on any atom is 0.244 e. The molecule has 3 rings (SSSR count). The number of nitrogens with zero attached hydrogens (tertiary/aromatic N) is 2. The Morgan fingerprint density at radius 3 is 2.64 bits per heavy atom. The fourth-order valence-electron chi connectivity index (χ4n) is 3.08. The standard InChI is InChI=1S/C25H26FN3O3S/c1-18(20-9-4-3-5-10-20)32-16-8-15-27-24(31)14-13-21-17-33-25(28-21)29(19(2)30)23-12-7-6-11-22(23)26/h3-7,9-14,17-18H,8,15-16H2,1-2H3,(H,27,31)/b14-13+. The molecular formula is C25H26FN3O3S. The van der Waals surface area contributed by atoms with Crippen molar-refractivity contribution in [1.29, 1.82) is 0 Å². The Morgan fingerprint density at radius 1 is 1.18 bits per heavy atom. The predicted octanol–water partition coefficient (Wildman–Crippen LogP) is 5.26. The van der Waals surface area contributed by atoms with Gasteiger partial charge in [-0.2, -0.15) is 0 Å². The molecule has 1 aromatic heterocycles. The molecule has 0 aliphatic rings. The lowest BCUT2D eigenvalue weighted by Gasteiger charge is -2.18. The molecule has 1 heterocycles. The fraction of sp³-hybridized carbons (Fsp3) is 0.240. The first-order valence-corrected chi connectivity index (χ1v) is 11.5. The van der Waals surface area contributed by atoms with Crippen molar-refractivity contribution in [2.75, 3.05) is 18.1 Å². The highest BCUT2D eigenvalue weighted by Gasteiger charge is 2.20. The lowest BCUT2D eigenvalue weighted by atomic mass is 10.1. The second-order valence-corrected chi connectivity index (χ2v) is 8.10. The van der Waals surface area contributed by atoms with E-state index in [1.54, 1.807) is 23.6 Å². The number of carbonyl (C=O) groups is 2. The van der Waals surface area contributed by atoms with E-state index in [1.807, 2.05) is 37.3 Å². The van der Waals surface area contributed by atoms with Gasteiger partial charge in [0.1, 0.15) is 5.82 Å². The highest BCUT2D eigenvalue weighted by molar-refractivity contribution is 7.14. The van der Waals surface area contributed by atoms with Crippen LogP contribution in [0.15, 0.2) is 66.1 Å². The molecule has 0 aliphatic heterocycles. The van der Waals surface area contributed by atoms with Gasteiger partial charge in [-0.3, -0.25) is 14.5 Å². The van der Waals surface area contributed by atoms with E-state index in [-0.39, 0.29) is 23.6 Å². The van der Waals surface area contributed by atoms with Crippen molar-refractivity contribution in [3.63, 3.8) is 0 Å². The number of hydrogen-bond acceptors (Lipinski definition) is 5. The van der Waals surface area contributed by atoms with Crippen LogP contribution in [0.3, 0.4) is 0 Å². The summed E-state index contributed by atoms with van der Waals surface area (Å²) in [6.45, 7) is 4.37. The highest BCUT2D eigenvalue weighted by atomic mass is 32.1. The van der Waals surface area contributed by atoms with Crippen LogP contribution in [0.25, 0.3) is 6.08 Å². The third-order valence-corrected chi connectivity index (χ3v) is 5.62. The van der Waals surface area contributed by atoms with Gasteiger partial charge in [0.2, 0.25) is 11.8 Å². The zero-order chi connectivity index (χ0) is 23.6. The van der Waals surface area contributed by atoms with Crippen molar-refractivity contribution in [2.24, 2.45) is 0 Å². The number of carbonyl (C=O) groups excluding carboxylic acids is 2. The number of ether oxygens (including phenoxy) is 1. The number of halogens is 1. The Labute approximate surface area is 196 Å². The molecule has 6 nitrogen and oxygen atoms in total. The van der Waals surface area contributed by atoms with E-state index in [2.05, 4.69) is 10.3 Å². The van der Waals surface area contributed by atoms with Gasteiger partial charge in [0.05, 0.1) is 17.5 Å². The summed E-state index contributed by atoms with van der Waals surface area (Å²) in [4.78, 5) is 29.7. The van der Waals surface area contributed by atoms with Gasteiger partial charge in [0, 0.05) is 31.5 Å². The molecular weight excluding hydrogens is 441 g/mol. The molecule has 2 aromatic carbocycles. The minimum absolute atomic E-state index is 0.000382. The van der Waals surface area contributed by atoms with Crippen LogP contribution >= 0.6 is 11.3 Å². The summed E-state index contributed by atoms with van der Waals surface area (Å²) >= 11 is 1.19. The van der Waals surface area contributed by atoms with Crippen molar-refractivity contribution in [3.05, 3.63) is 83.1 Å². The van der Waals surface area contributed by atoms with Crippen LogP contribution < -0.4 is 10.2 Å². The van der Waals surface area contributed by atoms with E-state index < -0.39 is 5.82 Å². The summed E-state index contributed by atoms with van der Waals surface area (Å²) in [6.07, 6.45) is 3.63. The molecule has 8 heteroatoms. The van der Waals surface area contributed by atoms with Crippen LogP contribution in [0.1, 0.15) is 37.6 Å². The van der Waals surface area contributed by atoms with Gasteiger partial charge < -0.3 is 10.1 Å². The molecule has 0 spiro atoms. The third-order valence-electron chi connectivity index (χ3n) is 4.77. The van der Waals surface area contributed by atoms with Crippen molar-refractivity contribution >= 4 is 40.0 Å². The summed E-state index contributed by atoms with van der Waals surface area (Å²) in [5, 5.41) is 4.84. The van der Waals surface area contributed by atoms with Gasteiger partial charge >= 0.3 is 0 Å². The number of amides is 2. The molecule has 1 atom stereocenters. The number of nitrogens with one attached hydrogen (secondary N) is 1. The van der Waals surface area contributed by atoms with Crippen LogP contribution in [0.5, 0.6) is 0 Å². The van der Waals surface area contributed by atoms with E-state index in [0.29, 0.717) is 30.4 Å². The van der Waals surface area contributed by atoms with E-state index in [4.69, 9.17) is 4.74 Å². The first-order chi connectivity index (χ1) is 16.0. The average Bonchev–Trinajstić information content (AvgIpc) is 3.27. The van der Waals surface area contributed by atoms with E-state index in [9.17, 15) is 14.0 Å². The lowest BCUT2D eigenvalue weighted by molar-refractivity contribution is -0.117. The Balaban J connectivity index is 1.47. The molecule has 2 amide bonds. The Bertz CT molecular complexity index is 1100. The van der Waals surface area contributed by atoms with Gasteiger partial charge in [0.25, 0.3) is 0 Å². The molecule has 0 fully saturated rings. The number of benzene rings is 2. The Hall–Kier alpha value is -3.36. The van der Waals surface area contributed by atoms with E-state index in [1.165, 1.54) is 41.4 Å². The van der Waals surface area contributed by atoms with Crippen LogP contribution in [-0.4, -0.2) is 29.9 Å². The second kappa shape index (κ2) is 12.0. The third kappa shape index (κ3) is 7.06. The number of aromatic nitrogens is 1. The molecule has 3 aromatic rings. The van der Waals surface area contributed by atoms with Crippen LogP contribution in [0.2, 0.25) is 0 Å². The zero-order valence-corrected chi connectivity index (χ0v) is 19.3. The largest absolute Gasteiger partial charge is 0.374 e. The molecule has 1 unspecified atom stereocenters. The van der Waals surface area contributed by atoms with Crippen LogP contribution in [0.4, 0.5) is 15.2 Å². The van der Waals surface area contributed by atoms with E-state index in [0.717, 1.165) is 5.56 Å². The first-order valence-electron chi connectivity index (χ1n) is 10.6. The zero-order valence-electron chi connectivity index (χ0n) is 18.5. The Kier molecular flexibility index (Phi) is 8.86. The second-order valence-electron chi connectivity index (χ2n) is 7.26. The minimum atomic E-state index is -0.512. The SMILES string of the molecule is CC(=O)N(c1nc(/C=C/C(=O)NCCCOC(C)c2ccccc2)cs1)c1ccccc1F. The summed E-state index contributed by atoms with van der Waals surface area (Å²) in [5.74, 6) is -1.12. The van der Waals surface area contributed by atoms with Crippen molar-refractivity contribution < 1.29 is 18.7 Å². The quantitative estimate of drug-likeness (QED) is 0.326. The molecule has 33 heavy (non-hydrogen) atoms. The average molecular weight is 468 g/mol. The van der Waals surface area contributed by atoms with Gasteiger partial charge in [-0.15, -0.1) is 11.3 Å². The monoisotopic (exact) mass is 467 g/mol. The first kappa shape index (κ1) is 24.3. The normalized spacial score (nSPS) is 12.0. The maximum absolute atomic E-state index is 14.2. The molecule has 1 N–H and O–H groups in total. The smallest absolute Gasteiger partial charge is 0.244 e. The lowest BCUT2D eigenvalue weighted by Crippen LogP contribution is -2.23. The molecule has 0 saturated heterocycles. The summed E-state index contributed by atoms with van der Waals surface area (Å²) in [7, 11) is 0. The minimum Gasteiger partial charge on any atom is -0.374 e. The fourth-order valence-corrected chi connectivity index (χ4v) is 3.93. The molecule has 0 saturated carbocycles. The number of anilines is 2. The Morgan fingerprint density at radius 2 is 1.91 bits per heavy atom. The molecule has 0 bridgehead atoms. The number of hydrogen-bond donors (Lipinski definition) is 1. The van der Waals surface area contributed by atoms with Crippen LogP contribution in [0, 0.1) is 5.82 Å². The van der Waals surface area contributed by atoms with Crippen LogP contribution in [-0.2, 0) is 14.3 Å². The number of rotatable bonds is 10. The highest BCUT2D eigenvalue weighted by Crippen LogP contribution is 2.30. The molecule has 0 radical (unpaired) electrons. The van der Waals surface area contributed by atoms with E-state index >= 15 is 0 Å². The molecule has 172 valence electrons. The summed E-state index contributed by atoms with van der Waals surface area (Å²) < 4.78 is 19.9. The molecule has 0 aliphatic carbocycles. The van der Waals surface area contributed by atoms with Crippen molar-refractivity contribution in [3.8, 4) is 0 Å². The van der Waals surface area contributed by atoms with Crippen molar-refractivity contribution in [2.45, 2.75) is 26.4 Å². The number of para-hydroxylation sites is 1. The summed E-state index contributed by atoms with van der Waals surface area (Å²) in [6, 6.07) is 16.0. The summed E-state index contributed by atoms with van der Waals surface area (Å²) in [5.41, 5.74) is 1.76. The predicted molar refractivity (Wildman–Crippen MR) is 129 cm³/mol.